The van der Waals surface area contributed by atoms with E-state index in [1.54, 1.807) is 11.3 Å². The molecule has 0 unspecified atom stereocenters. The number of aryl methyl sites for hydroxylation is 1. The Labute approximate surface area is 129 Å². The minimum Gasteiger partial charge on any atom is -0.409 e. The fraction of sp³-hybridized carbons (Fsp3) is 0.231. The van der Waals surface area contributed by atoms with Crippen molar-refractivity contribution in [2.24, 2.45) is 10.9 Å². The molecule has 5 nitrogen and oxygen atoms in total. The van der Waals surface area contributed by atoms with E-state index in [1.807, 2.05) is 36.4 Å². The number of amidine groups is 1. The lowest BCUT2D eigenvalue weighted by Crippen LogP contribution is -2.23. The van der Waals surface area contributed by atoms with E-state index in [9.17, 15) is 0 Å². The number of pyridine rings is 1. The molecule has 2 aromatic rings. The normalized spacial score (nSPS) is 11.7. The lowest BCUT2D eigenvalue weighted by Gasteiger charge is -2.20. The number of hydrogen-bond donors (Lipinski definition) is 2. The van der Waals surface area contributed by atoms with Gasteiger partial charge in [-0.1, -0.05) is 5.16 Å². The molecule has 0 fully saturated rings. The third-order valence-corrected chi connectivity index (χ3v) is 4.46. The highest BCUT2D eigenvalue weighted by atomic mass is 79.9. The molecular formula is C13H15BrN4OS. The van der Waals surface area contributed by atoms with Crippen LogP contribution in [0.25, 0.3) is 0 Å². The van der Waals surface area contributed by atoms with Crippen LogP contribution >= 0.6 is 27.3 Å². The molecule has 0 saturated heterocycles. The van der Waals surface area contributed by atoms with Gasteiger partial charge in [-0.15, -0.1) is 11.3 Å². The summed E-state index contributed by atoms with van der Waals surface area (Å²) in [5, 5.41) is 14.0. The van der Waals surface area contributed by atoms with Gasteiger partial charge in [0.2, 0.25) is 0 Å². The maximum atomic E-state index is 8.87. The van der Waals surface area contributed by atoms with Crippen molar-refractivity contribution in [2.45, 2.75) is 13.5 Å². The van der Waals surface area contributed by atoms with E-state index in [0.29, 0.717) is 17.9 Å². The maximum absolute atomic E-state index is 8.87. The quantitative estimate of drug-likeness (QED) is 0.383. The minimum atomic E-state index is 0.0618. The van der Waals surface area contributed by atoms with Gasteiger partial charge in [-0.2, -0.15) is 0 Å². The molecule has 0 aliphatic heterocycles. The fourth-order valence-electron chi connectivity index (χ4n) is 1.83. The van der Waals surface area contributed by atoms with E-state index in [0.717, 1.165) is 10.2 Å². The molecule has 2 rings (SSSR count). The lowest BCUT2D eigenvalue weighted by molar-refractivity contribution is 0.318. The van der Waals surface area contributed by atoms with Crippen LogP contribution in [0.4, 0.5) is 5.82 Å². The predicted molar refractivity (Wildman–Crippen MR) is 85.6 cm³/mol. The first-order valence-electron chi connectivity index (χ1n) is 5.91. The Bertz CT molecular complexity index is 641. The summed E-state index contributed by atoms with van der Waals surface area (Å²) in [7, 11) is 1.93. The Morgan fingerprint density at radius 3 is 2.90 bits per heavy atom. The van der Waals surface area contributed by atoms with E-state index in [2.05, 4.69) is 32.1 Å². The number of thiophene rings is 1. The highest BCUT2D eigenvalue weighted by Gasteiger charge is 2.14. The van der Waals surface area contributed by atoms with Gasteiger partial charge < -0.3 is 15.8 Å². The van der Waals surface area contributed by atoms with Gasteiger partial charge in [-0.05, 0) is 41.1 Å². The molecule has 0 aliphatic rings. The van der Waals surface area contributed by atoms with Crippen molar-refractivity contribution in [1.29, 1.82) is 0 Å². The lowest BCUT2D eigenvalue weighted by atomic mass is 10.2. The molecule has 2 aromatic heterocycles. The predicted octanol–water partition coefficient (Wildman–Crippen LogP) is 2.94. The molecular weight excluding hydrogens is 340 g/mol. The first kappa shape index (κ1) is 14.8. The van der Waals surface area contributed by atoms with Crippen LogP contribution in [0, 0.1) is 6.92 Å². The Morgan fingerprint density at radius 1 is 1.55 bits per heavy atom. The SMILES string of the molecule is Cc1ccc(C(N)=NO)c(N(C)Cc2cc(Br)cs2)n1. The molecule has 2 heterocycles. The molecule has 20 heavy (non-hydrogen) atoms. The largest absolute Gasteiger partial charge is 0.409 e. The summed E-state index contributed by atoms with van der Waals surface area (Å²) in [6.07, 6.45) is 0. The van der Waals surface area contributed by atoms with Gasteiger partial charge in [0.25, 0.3) is 0 Å². The summed E-state index contributed by atoms with van der Waals surface area (Å²) in [6, 6.07) is 5.72. The van der Waals surface area contributed by atoms with Crippen LogP contribution < -0.4 is 10.6 Å². The van der Waals surface area contributed by atoms with Crippen LogP contribution in [-0.4, -0.2) is 23.1 Å². The Hall–Kier alpha value is -1.60. The average Bonchev–Trinajstić information content (AvgIpc) is 2.83. The van der Waals surface area contributed by atoms with Crippen LogP contribution in [-0.2, 0) is 6.54 Å². The molecule has 7 heteroatoms. The van der Waals surface area contributed by atoms with Gasteiger partial charge in [-0.3, -0.25) is 0 Å². The zero-order valence-electron chi connectivity index (χ0n) is 11.2. The molecule has 0 aromatic carbocycles. The average molecular weight is 355 g/mol. The van der Waals surface area contributed by atoms with Crippen molar-refractivity contribution in [3.63, 3.8) is 0 Å². The smallest absolute Gasteiger partial charge is 0.173 e. The van der Waals surface area contributed by atoms with E-state index < -0.39 is 0 Å². The third-order valence-electron chi connectivity index (χ3n) is 2.77. The Kier molecular flexibility index (Phi) is 4.61. The van der Waals surface area contributed by atoms with Crippen molar-refractivity contribution >= 4 is 38.9 Å². The fourth-order valence-corrected chi connectivity index (χ4v) is 3.34. The molecule has 0 amide bonds. The van der Waals surface area contributed by atoms with E-state index in [4.69, 9.17) is 10.9 Å². The molecule has 3 N–H and O–H groups in total. The zero-order chi connectivity index (χ0) is 14.7. The number of nitrogens with zero attached hydrogens (tertiary/aromatic N) is 3. The van der Waals surface area contributed by atoms with Crippen LogP contribution in [0.5, 0.6) is 0 Å². The Morgan fingerprint density at radius 2 is 2.30 bits per heavy atom. The summed E-state index contributed by atoms with van der Waals surface area (Å²) in [4.78, 5) is 7.68. The van der Waals surface area contributed by atoms with E-state index >= 15 is 0 Å². The first-order valence-corrected chi connectivity index (χ1v) is 7.58. The number of anilines is 1. The minimum absolute atomic E-state index is 0.0618. The molecule has 106 valence electrons. The second kappa shape index (κ2) is 6.23. The number of halogens is 1. The van der Waals surface area contributed by atoms with E-state index in [1.165, 1.54) is 4.88 Å². The van der Waals surface area contributed by atoms with E-state index in [-0.39, 0.29) is 5.84 Å². The first-order chi connectivity index (χ1) is 9.51. The summed E-state index contributed by atoms with van der Waals surface area (Å²) in [6.45, 7) is 2.62. The van der Waals surface area contributed by atoms with Gasteiger partial charge in [-0.25, -0.2) is 4.98 Å². The molecule has 0 atom stereocenters. The monoisotopic (exact) mass is 354 g/mol. The van der Waals surface area contributed by atoms with Gasteiger partial charge in [0, 0.05) is 27.5 Å². The number of rotatable bonds is 4. The summed E-state index contributed by atoms with van der Waals surface area (Å²) < 4.78 is 1.07. The summed E-state index contributed by atoms with van der Waals surface area (Å²) >= 11 is 5.11. The van der Waals surface area contributed by atoms with Gasteiger partial charge in [0.05, 0.1) is 12.1 Å². The molecule has 0 spiro atoms. The third kappa shape index (κ3) is 3.29. The zero-order valence-corrected chi connectivity index (χ0v) is 13.6. The van der Waals surface area contributed by atoms with Crippen LogP contribution in [0.1, 0.15) is 16.1 Å². The topological polar surface area (TPSA) is 74.7 Å². The number of nitrogens with two attached hydrogens (primary N) is 1. The number of aromatic nitrogens is 1. The molecule has 0 saturated carbocycles. The Balaban J connectivity index is 2.32. The van der Waals surface area contributed by atoms with Crippen molar-refractivity contribution in [2.75, 3.05) is 11.9 Å². The highest BCUT2D eigenvalue weighted by molar-refractivity contribution is 9.10. The molecule has 0 bridgehead atoms. The van der Waals surface area contributed by atoms with Crippen LogP contribution in [0.2, 0.25) is 0 Å². The highest BCUT2D eigenvalue weighted by Crippen LogP contribution is 2.24. The standard InChI is InChI=1S/C13H15BrN4OS/c1-8-3-4-11(12(15)17-19)13(16-8)18(2)6-10-5-9(14)7-20-10/h3-5,7,19H,6H2,1-2H3,(H2,15,17). The molecule has 0 radical (unpaired) electrons. The van der Waals surface area contributed by atoms with Gasteiger partial charge in [0.1, 0.15) is 5.82 Å². The van der Waals surface area contributed by atoms with Gasteiger partial charge >= 0.3 is 0 Å². The summed E-state index contributed by atoms with van der Waals surface area (Å²) in [5.74, 6) is 0.761. The summed E-state index contributed by atoms with van der Waals surface area (Å²) in [5.41, 5.74) is 7.21. The van der Waals surface area contributed by atoms with Crippen LogP contribution in [0.15, 0.2) is 33.2 Å². The molecule has 0 aliphatic carbocycles. The number of oxime groups is 1. The van der Waals surface area contributed by atoms with Crippen LogP contribution in [0.3, 0.4) is 0 Å². The van der Waals surface area contributed by atoms with Crippen molar-refractivity contribution in [3.05, 3.63) is 44.2 Å². The van der Waals surface area contributed by atoms with Crippen molar-refractivity contribution in [3.8, 4) is 0 Å². The van der Waals surface area contributed by atoms with Gasteiger partial charge in [0.15, 0.2) is 5.84 Å². The van der Waals surface area contributed by atoms with Crippen molar-refractivity contribution in [1.82, 2.24) is 4.98 Å². The van der Waals surface area contributed by atoms with Crippen molar-refractivity contribution < 1.29 is 5.21 Å². The second-order valence-electron chi connectivity index (χ2n) is 4.40. The maximum Gasteiger partial charge on any atom is 0.173 e. The number of hydrogen-bond acceptors (Lipinski definition) is 5. The second-order valence-corrected chi connectivity index (χ2v) is 6.31.